The first-order chi connectivity index (χ1) is 23.7. The molecule has 1 amide bonds. The summed E-state index contributed by atoms with van der Waals surface area (Å²) in [4.78, 5) is 38.2. The molecule has 0 spiro atoms. The van der Waals surface area contributed by atoms with Crippen LogP contribution in [0.4, 0.5) is 0 Å². The molecule has 0 bridgehead atoms. The Balaban J connectivity index is 1.18. The van der Waals surface area contributed by atoms with Gasteiger partial charge in [-0.25, -0.2) is 0 Å². The fourth-order valence-electron chi connectivity index (χ4n) is 13.6. The Labute approximate surface area is 308 Å². The van der Waals surface area contributed by atoms with E-state index in [0.29, 0.717) is 54.4 Å². The molecule has 0 radical (unpaired) electrons. The van der Waals surface area contributed by atoms with E-state index in [9.17, 15) is 19.5 Å². The SMILES string of the molecule is C=C(C)[C@@H]1C[C@@H](CC(=O)NCc2ccc(C)cc2)C2CC[C@]3(C)[C@H](CC[C@@H]4[C@@]5(C)CC[C@H](OC(=O)CC(C)(C)C(=O)O)C(C)(C)[C@@H]5CC[C@]43C)[C@H]21. The maximum Gasteiger partial charge on any atom is 0.309 e. The first-order valence-corrected chi connectivity index (χ1v) is 20.1. The Bertz CT molecular complexity index is 1530. The van der Waals surface area contributed by atoms with Gasteiger partial charge in [-0.2, -0.15) is 0 Å². The Hall–Kier alpha value is -2.63. The van der Waals surface area contributed by atoms with Crippen molar-refractivity contribution in [1.82, 2.24) is 5.32 Å². The summed E-state index contributed by atoms with van der Waals surface area (Å²) in [6, 6.07) is 8.44. The van der Waals surface area contributed by atoms with Gasteiger partial charge < -0.3 is 15.2 Å². The minimum Gasteiger partial charge on any atom is -0.481 e. The molecule has 0 aliphatic heterocycles. The number of allylic oxidation sites excluding steroid dienone is 1. The number of carboxylic acid groups (broad SMARTS) is 1. The zero-order valence-corrected chi connectivity index (χ0v) is 33.2. The van der Waals surface area contributed by atoms with Crippen molar-refractivity contribution in [3.05, 3.63) is 47.5 Å². The summed E-state index contributed by atoms with van der Waals surface area (Å²) in [7, 11) is 0. The smallest absolute Gasteiger partial charge is 0.309 e. The van der Waals surface area contributed by atoms with Crippen LogP contribution in [0.25, 0.3) is 0 Å². The highest BCUT2D eigenvalue weighted by Crippen LogP contribution is 2.76. The molecule has 1 unspecified atom stereocenters. The van der Waals surface area contributed by atoms with Gasteiger partial charge in [0.25, 0.3) is 0 Å². The van der Waals surface area contributed by atoms with Crippen molar-refractivity contribution in [1.29, 1.82) is 0 Å². The van der Waals surface area contributed by atoms with Crippen molar-refractivity contribution in [2.45, 2.75) is 146 Å². The van der Waals surface area contributed by atoms with E-state index in [-0.39, 0.29) is 46.1 Å². The van der Waals surface area contributed by atoms with Crippen molar-refractivity contribution in [3.63, 3.8) is 0 Å². The Morgan fingerprint density at radius 3 is 2.24 bits per heavy atom. The molecule has 5 aliphatic rings. The summed E-state index contributed by atoms with van der Waals surface area (Å²) in [5, 5.41) is 12.8. The summed E-state index contributed by atoms with van der Waals surface area (Å²) < 4.78 is 6.18. The third-order valence-corrected chi connectivity index (χ3v) is 16.6. The predicted octanol–water partition coefficient (Wildman–Crippen LogP) is 9.93. The highest BCUT2D eigenvalue weighted by molar-refractivity contribution is 5.81. The number of benzene rings is 1. The standard InChI is InChI=1S/C45H67NO5/c1-27(2)32-23-30(24-37(47)46-26-29-13-11-28(3)12-14-29)31-17-21-44(9)33(39(31)32)15-16-35-43(8)20-19-36(51-38(48)25-41(4,5)40(49)50)42(6,7)34(43)18-22-45(35,44)10/h11-14,30-36,39H,1,15-26H2,2-10H3,(H,46,47)(H,49,50)/t30-,31?,32-,33+,34-,35+,36-,39+,43-,44+,45+/m0/s1. The molecule has 6 nitrogen and oxygen atoms in total. The second-order valence-electron chi connectivity index (χ2n) is 20.1. The molecule has 5 saturated carbocycles. The normalized spacial score (nSPS) is 39.8. The van der Waals surface area contributed by atoms with Crippen molar-refractivity contribution in [3.8, 4) is 0 Å². The number of carbonyl (C=O) groups is 3. The van der Waals surface area contributed by atoms with Gasteiger partial charge in [-0.3, -0.25) is 14.4 Å². The van der Waals surface area contributed by atoms with E-state index in [2.05, 4.69) is 84.6 Å². The average Bonchev–Trinajstić information content (AvgIpc) is 3.40. The molecule has 6 heteroatoms. The van der Waals surface area contributed by atoms with Gasteiger partial charge in [0.1, 0.15) is 6.10 Å². The van der Waals surface area contributed by atoms with Gasteiger partial charge in [-0.15, -0.1) is 0 Å². The second kappa shape index (κ2) is 13.3. The quantitative estimate of drug-likeness (QED) is 0.198. The Morgan fingerprint density at radius 2 is 1.59 bits per heavy atom. The first kappa shape index (κ1) is 38.1. The van der Waals surface area contributed by atoms with E-state index in [1.54, 1.807) is 13.8 Å². The van der Waals surface area contributed by atoms with Crippen LogP contribution in [0.5, 0.6) is 0 Å². The van der Waals surface area contributed by atoms with Gasteiger partial charge in [-0.05, 0) is 149 Å². The largest absolute Gasteiger partial charge is 0.481 e. The second-order valence-corrected chi connectivity index (χ2v) is 20.1. The maximum absolute atomic E-state index is 13.4. The van der Waals surface area contributed by atoms with Crippen molar-refractivity contribution in [2.24, 2.45) is 68.5 Å². The lowest BCUT2D eigenvalue weighted by atomic mass is 9.33. The van der Waals surface area contributed by atoms with Crippen LogP contribution in [0.2, 0.25) is 0 Å². The molecular weight excluding hydrogens is 634 g/mol. The number of amides is 1. The third-order valence-electron chi connectivity index (χ3n) is 16.6. The highest BCUT2D eigenvalue weighted by atomic mass is 16.5. The summed E-state index contributed by atoms with van der Waals surface area (Å²) >= 11 is 0. The lowest BCUT2D eigenvalue weighted by Gasteiger charge is -2.72. The molecule has 282 valence electrons. The molecule has 0 saturated heterocycles. The summed E-state index contributed by atoms with van der Waals surface area (Å²) in [5.74, 6) is 2.59. The van der Waals surface area contributed by atoms with Crippen LogP contribution < -0.4 is 5.32 Å². The van der Waals surface area contributed by atoms with Crippen molar-refractivity contribution in [2.75, 3.05) is 0 Å². The van der Waals surface area contributed by atoms with E-state index in [0.717, 1.165) is 31.2 Å². The Morgan fingerprint density at radius 1 is 0.922 bits per heavy atom. The van der Waals surface area contributed by atoms with Gasteiger partial charge in [0.05, 0.1) is 11.8 Å². The molecule has 1 aromatic rings. The molecule has 2 N–H and O–H groups in total. The number of carboxylic acids is 1. The number of aliphatic carboxylic acids is 1. The van der Waals surface area contributed by atoms with Gasteiger partial charge in [0, 0.05) is 18.4 Å². The lowest BCUT2D eigenvalue weighted by molar-refractivity contribution is -0.245. The number of aryl methyl sites for hydroxylation is 1. The van der Waals surface area contributed by atoms with E-state index in [1.807, 2.05) is 0 Å². The molecular formula is C45H67NO5. The summed E-state index contributed by atoms with van der Waals surface area (Å²) in [5.41, 5.74) is 2.98. The number of ether oxygens (including phenoxy) is 1. The van der Waals surface area contributed by atoms with Crippen molar-refractivity contribution >= 4 is 17.8 Å². The number of rotatable bonds is 9. The van der Waals surface area contributed by atoms with Gasteiger partial charge in [0.15, 0.2) is 0 Å². The average molecular weight is 702 g/mol. The molecule has 6 rings (SSSR count). The van der Waals surface area contributed by atoms with Gasteiger partial charge in [-0.1, -0.05) is 76.6 Å². The van der Waals surface area contributed by atoms with Crippen LogP contribution in [0.3, 0.4) is 0 Å². The zero-order valence-electron chi connectivity index (χ0n) is 33.2. The number of fused-ring (bicyclic) bond motifs is 7. The first-order valence-electron chi connectivity index (χ1n) is 20.1. The highest BCUT2D eigenvalue weighted by Gasteiger charge is 2.70. The summed E-state index contributed by atoms with van der Waals surface area (Å²) in [6.07, 6.45) is 10.5. The topological polar surface area (TPSA) is 92.7 Å². The maximum atomic E-state index is 13.4. The number of hydrogen-bond donors (Lipinski definition) is 2. The molecule has 1 aromatic carbocycles. The van der Waals surface area contributed by atoms with Crippen LogP contribution in [0, 0.1) is 75.4 Å². The monoisotopic (exact) mass is 702 g/mol. The third kappa shape index (κ3) is 6.41. The van der Waals surface area contributed by atoms with Crippen molar-refractivity contribution < 1.29 is 24.2 Å². The van der Waals surface area contributed by atoms with E-state index < -0.39 is 11.4 Å². The molecule has 0 aromatic heterocycles. The van der Waals surface area contributed by atoms with E-state index >= 15 is 0 Å². The fraction of sp³-hybridized carbons (Fsp3) is 0.756. The molecule has 0 heterocycles. The molecule has 11 atom stereocenters. The van der Waals surface area contributed by atoms with Crippen LogP contribution in [0.15, 0.2) is 36.4 Å². The van der Waals surface area contributed by atoms with E-state index in [1.165, 1.54) is 43.2 Å². The number of nitrogens with one attached hydrogen (secondary N) is 1. The van der Waals surface area contributed by atoms with Crippen LogP contribution in [-0.4, -0.2) is 29.1 Å². The summed E-state index contributed by atoms with van der Waals surface area (Å²) in [6.45, 7) is 25.2. The minimum atomic E-state index is -1.14. The number of hydrogen-bond acceptors (Lipinski definition) is 4. The molecule has 5 fully saturated rings. The van der Waals surface area contributed by atoms with Gasteiger partial charge in [0.2, 0.25) is 5.91 Å². The van der Waals surface area contributed by atoms with E-state index in [4.69, 9.17) is 4.74 Å². The Kier molecular flexibility index (Phi) is 9.97. The predicted molar refractivity (Wildman–Crippen MR) is 202 cm³/mol. The van der Waals surface area contributed by atoms with Crippen LogP contribution in [-0.2, 0) is 25.7 Å². The van der Waals surface area contributed by atoms with Gasteiger partial charge >= 0.3 is 11.9 Å². The fourth-order valence-corrected chi connectivity index (χ4v) is 13.6. The minimum absolute atomic E-state index is 0.108. The van der Waals surface area contributed by atoms with Crippen LogP contribution >= 0.6 is 0 Å². The molecule has 51 heavy (non-hydrogen) atoms. The zero-order chi connectivity index (χ0) is 37.3. The lowest BCUT2D eigenvalue weighted by Crippen LogP contribution is -2.66. The molecule has 5 aliphatic carbocycles. The number of carbonyl (C=O) groups excluding carboxylic acids is 2. The van der Waals surface area contributed by atoms with Crippen LogP contribution in [0.1, 0.15) is 137 Å². The number of esters is 1.